The Bertz CT molecular complexity index is 473. The number of nitrogens with one attached hydrogen (secondary N) is 1. The van der Waals surface area contributed by atoms with Crippen molar-refractivity contribution < 1.29 is 4.79 Å². The van der Waals surface area contributed by atoms with Gasteiger partial charge in [0, 0.05) is 25.2 Å². The smallest absolute Gasteiger partial charge is 0.251 e. The molecule has 0 radical (unpaired) electrons. The van der Waals surface area contributed by atoms with Gasteiger partial charge >= 0.3 is 0 Å². The fourth-order valence-corrected chi connectivity index (χ4v) is 3.00. The first-order valence-corrected chi connectivity index (χ1v) is 7.55. The topological polar surface area (TPSA) is 58.4 Å². The maximum absolute atomic E-state index is 11.8. The first-order valence-electron chi connectivity index (χ1n) is 7.55. The van der Waals surface area contributed by atoms with Gasteiger partial charge in [-0.15, -0.1) is 0 Å². The summed E-state index contributed by atoms with van der Waals surface area (Å²) in [6.07, 6.45) is 6.08. The van der Waals surface area contributed by atoms with Crippen LogP contribution in [0.2, 0.25) is 0 Å². The number of anilines is 2. The van der Waals surface area contributed by atoms with Crippen molar-refractivity contribution in [3.05, 3.63) is 23.8 Å². The lowest BCUT2D eigenvalue weighted by molar-refractivity contribution is 0.0963. The van der Waals surface area contributed by atoms with E-state index in [1.165, 1.54) is 25.7 Å². The van der Waals surface area contributed by atoms with Crippen molar-refractivity contribution in [3.8, 4) is 0 Å². The predicted octanol–water partition coefficient (Wildman–Crippen LogP) is 2.79. The lowest BCUT2D eigenvalue weighted by atomic mass is 10.1. The van der Waals surface area contributed by atoms with E-state index in [-0.39, 0.29) is 5.91 Å². The van der Waals surface area contributed by atoms with Crippen LogP contribution in [0.5, 0.6) is 0 Å². The highest BCUT2D eigenvalue weighted by Gasteiger charge is 2.22. The molecular formula is C16H25N3O. The van der Waals surface area contributed by atoms with E-state index in [1.54, 1.807) is 13.1 Å². The SMILES string of the molecule is CCC1CCCCCN1c1cc(C(=O)NC)ccc1N. The van der Waals surface area contributed by atoms with Gasteiger partial charge in [0.2, 0.25) is 0 Å². The fraction of sp³-hybridized carbons (Fsp3) is 0.562. The molecule has 4 heteroatoms. The molecule has 1 unspecified atom stereocenters. The zero-order valence-corrected chi connectivity index (χ0v) is 12.5. The zero-order valence-electron chi connectivity index (χ0n) is 12.5. The van der Waals surface area contributed by atoms with Crippen LogP contribution in [0.25, 0.3) is 0 Å². The second-order valence-electron chi connectivity index (χ2n) is 5.46. The van der Waals surface area contributed by atoms with Crippen LogP contribution < -0.4 is 16.0 Å². The summed E-state index contributed by atoms with van der Waals surface area (Å²) in [5, 5.41) is 2.67. The summed E-state index contributed by atoms with van der Waals surface area (Å²) in [6, 6.07) is 6.09. The van der Waals surface area contributed by atoms with E-state index in [9.17, 15) is 4.79 Å². The van der Waals surface area contributed by atoms with Crippen molar-refractivity contribution >= 4 is 17.3 Å². The number of rotatable bonds is 3. The molecule has 1 atom stereocenters. The fourth-order valence-electron chi connectivity index (χ4n) is 3.00. The average Bonchev–Trinajstić information content (AvgIpc) is 2.72. The summed E-state index contributed by atoms with van der Waals surface area (Å²) in [7, 11) is 1.65. The molecule has 1 aromatic rings. The number of amides is 1. The first-order chi connectivity index (χ1) is 9.67. The van der Waals surface area contributed by atoms with Gasteiger partial charge in [0.15, 0.2) is 0 Å². The van der Waals surface area contributed by atoms with Gasteiger partial charge in [-0.25, -0.2) is 0 Å². The molecule has 0 aromatic heterocycles. The highest BCUT2D eigenvalue weighted by Crippen LogP contribution is 2.31. The Kier molecular flexibility index (Phi) is 4.88. The standard InChI is InChI=1S/C16H25N3O/c1-3-13-7-5-4-6-10-19(13)15-11-12(16(20)18-2)8-9-14(15)17/h8-9,11,13H,3-7,10,17H2,1-2H3,(H,18,20). The van der Waals surface area contributed by atoms with Gasteiger partial charge in [-0.05, 0) is 37.5 Å². The third-order valence-corrected chi connectivity index (χ3v) is 4.18. The van der Waals surface area contributed by atoms with E-state index < -0.39 is 0 Å². The quantitative estimate of drug-likeness (QED) is 0.834. The molecule has 1 amide bonds. The molecule has 3 N–H and O–H groups in total. The molecule has 2 rings (SSSR count). The van der Waals surface area contributed by atoms with Crippen molar-refractivity contribution in [3.63, 3.8) is 0 Å². The van der Waals surface area contributed by atoms with Crippen LogP contribution in [0.15, 0.2) is 18.2 Å². The maximum atomic E-state index is 11.8. The summed E-state index contributed by atoms with van der Waals surface area (Å²) in [5.74, 6) is -0.0610. The third-order valence-electron chi connectivity index (χ3n) is 4.18. The Morgan fingerprint density at radius 2 is 2.20 bits per heavy atom. The minimum absolute atomic E-state index is 0.0610. The number of hydrogen-bond donors (Lipinski definition) is 2. The molecule has 0 saturated carbocycles. The van der Waals surface area contributed by atoms with E-state index in [0.29, 0.717) is 11.6 Å². The molecule has 1 saturated heterocycles. The highest BCUT2D eigenvalue weighted by molar-refractivity contribution is 5.96. The number of hydrogen-bond acceptors (Lipinski definition) is 3. The maximum Gasteiger partial charge on any atom is 0.251 e. The number of carbonyl (C=O) groups excluding carboxylic acids is 1. The number of benzene rings is 1. The molecule has 1 aromatic carbocycles. The van der Waals surface area contributed by atoms with Crippen LogP contribution in [-0.4, -0.2) is 25.5 Å². The molecule has 0 aliphatic carbocycles. The Balaban J connectivity index is 2.35. The summed E-state index contributed by atoms with van der Waals surface area (Å²) < 4.78 is 0. The zero-order chi connectivity index (χ0) is 14.5. The van der Waals surface area contributed by atoms with Crippen molar-refractivity contribution in [2.45, 2.75) is 45.1 Å². The summed E-state index contributed by atoms with van der Waals surface area (Å²) in [5.41, 5.74) is 8.61. The predicted molar refractivity (Wildman–Crippen MR) is 84.1 cm³/mol. The number of carbonyl (C=O) groups is 1. The normalized spacial score (nSPS) is 19.5. The molecular weight excluding hydrogens is 250 g/mol. The van der Waals surface area contributed by atoms with E-state index in [0.717, 1.165) is 24.3 Å². The molecule has 20 heavy (non-hydrogen) atoms. The Morgan fingerprint density at radius 3 is 2.90 bits per heavy atom. The minimum atomic E-state index is -0.0610. The molecule has 1 aliphatic rings. The van der Waals surface area contributed by atoms with Gasteiger partial charge in [0.1, 0.15) is 0 Å². The Hall–Kier alpha value is -1.71. The molecule has 1 aliphatic heterocycles. The Labute approximate surface area is 121 Å². The molecule has 1 fully saturated rings. The van der Waals surface area contributed by atoms with Gasteiger partial charge in [-0.3, -0.25) is 4.79 Å². The third kappa shape index (κ3) is 3.06. The average molecular weight is 275 g/mol. The Morgan fingerprint density at radius 1 is 1.40 bits per heavy atom. The van der Waals surface area contributed by atoms with E-state index in [1.807, 2.05) is 12.1 Å². The van der Waals surface area contributed by atoms with E-state index >= 15 is 0 Å². The van der Waals surface area contributed by atoms with Gasteiger partial charge in [-0.1, -0.05) is 19.8 Å². The van der Waals surface area contributed by atoms with Crippen LogP contribution in [0.4, 0.5) is 11.4 Å². The number of nitrogens with zero attached hydrogens (tertiary/aromatic N) is 1. The van der Waals surface area contributed by atoms with Crippen LogP contribution in [0.3, 0.4) is 0 Å². The lowest BCUT2D eigenvalue weighted by Gasteiger charge is -2.32. The highest BCUT2D eigenvalue weighted by atomic mass is 16.1. The van der Waals surface area contributed by atoms with Crippen LogP contribution in [0.1, 0.15) is 49.4 Å². The second kappa shape index (κ2) is 6.64. The molecule has 1 heterocycles. The van der Waals surface area contributed by atoms with E-state index in [4.69, 9.17) is 5.73 Å². The van der Waals surface area contributed by atoms with E-state index in [2.05, 4.69) is 17.1 Å². The number of nitrogen functional groups attached to an aromatic ring is 1. The summed E-state index contributed by atoms with van der Waals surface area (Å²) >= 11 is 0. The lowest BCUT2D eigenvalue weighted by Crippen LogP contribution is -2.35. The first kappa shape index (κ1) is 14.7. The molecule has 0 spiro atoms. The van der Waals surface area contributed by atoms with Crippen molar-refractivity contribution in [1.29, 1.82) is 0 Å². The van der Waals surface area contributed by atoms with Crippen molar-refractivity contribution in [2.75, 3.05) is 24.2 Å². The second-order valence-corrected chi connectivity index (χ2v) is 5.46. The van der Waals surface area contributed by atoms with Crippen molar-refractivity contribution in [2.24, 2.45) is 0 Å². The van der Waals surface area contributed by atoms with Crippen LogP contribution in [0, 0.1) is 0 Å². The number of nitrogens with two attached hydrogens (primary N) is 1. The molecule has 4 nitrogen and oxygen atoms in total. The van der Waals surface area contributed by atoms with Crippen LogP contribution in [-0.2, 0) is 0 Å². The molecule has 110 valence electrons. The van der Waals surface area contributed by atoms with Gasteiger partial charge < -0.3 is 16.0 Å². The monoisotopic (exact) mass is 275 g/mol. The minimum Gasteiger partial charge on any atom is -0.397 e. The molecule has 0 bridgehead atoms. The van der Waals surface area contributed by atoms with Crippen molar-refractivity contribution in [1.82, 2.24) is 5.32 Å². The van der Waals surface area contributed by atoms with Gasteiger partial charge in [0.05, 0.1) is 11.4 Å². The largest absolute Gasteiger partial charge is 0.397 e. The summed E-state index contributed by atoms with van der Waals surface area (Å²) in [6.45, 7) is 3.25. The van der Waals surface area contributed by atoms with Gasteiger partial charge in [0.25, 0.3) is 5.91 Å². The van der Waals surface area contributed by atoms with Crippen LogP contribution >= 0.6 is 0 Å². The summed E-state index contributed by atoms with van der Waals surface area (Å²) in [4.78, 5) is 14.2. The van der Waals surface area contributed by atoms with Gasteiger partial charge in [-0.2, -0.15) is 0 Å².